The minimum absolute atomic E-state index is 0.00575. The van der Waals surface area contributed by atoms with Crippen LogP contribution in [0.1, 0.15) is 39.5 Å². The van der Waals surface area contributed by atoms with Gasteiger partial charge in [-0.15, -0.1) is 11.3 Å². The van der Waals surface area contributed by atoms with Gasteiger partial charge in [-0.1, -0.05) is 12.5 Å². The smallest absolute Gasteiger partial charge is 0.280 e. The Bertz CT molecular complexity index is 1030. The molecule has 0 spiro atoms. The highest BCUT2D eigenvalue weighted by molar-refractivity contribution is 7.13. The van der Waals surface area contributed by atoms with Crippen LogP contribution < -0.4 is 0 Å². The third-order valence-electron chi connectivity index (χ3n) is 6.63. The number of thiophene rings is 1. The highest BCUT2D eigenvalue weighted by Gasteiger charge is 2.48. The zero-order valence-electron chi connectivity index (χ0n) is 19.2. The van der Waals surface area contributed by atoms with Crippen molar-refractivity contribution >= 4 is 23.1 Å². The van der Waals surface area contributed by atoms with Gasteiger partial charge in [0.2, 0.25) is 5.89 Å². The molecule has 2 aliphatic heterocycles. The van der Waals surface area contributed by atoms with Crippen molar-refractivity contribution in [3.05, 3.63) is 39.2 Å². The van der Waals surface area contributed by atoms with Gasteiger partial charge < -0.3 is 29.2 Å². The van der Waals surface area contributed by atoms with Crippen molar-refractivity contribution < 1.29 is 34.1 Å². The molecule has 0 radical (unpaired) electrons. The Kier molecular flexibility index (Phi) is 7.51. The van der Waals surface area contributed by atoms with E-state index in [0.717, 1.165) is 5.57 Å². The molecule has 186 valence electrons. The van der Waals surface area contributed by atoms with Gasteiger partial charge in [-0.25, -0.2) is 4.98 Å². The Morgan fingerprint density at radius 1 is 1.35 bits per heavy atom. The van der Waals surface area contributed by atoms with E-state index in [1.807, 2.05) is 13.8 Å². The first kappa shape index (κ1) is 25.0. The summed E-state index contributed by atoms with van der Waals surface area (Å²) in [6.07, 6.45) is 1.12. The number of rotatable bonds is 9. The number of aromatic nitrogens is 1. The molecule has 2 fully saturated rings. The number of hydrogen-bond donors (Lipinski definition) is 3. The van der Waals surface area contributed by atoms with E-state index in [-0.39, 0.29) is 29.7 Å². The largest absolute Gasteiger partial charge is 0.436 e. The van der Waals surface area contributed by atoms with Gasteiger partial charge in [-0.05, 0) is 32.8 Å². The number of ether oxygens (including phenoxy) is 2. The molecule has 0 aliphatic carbocycles. The summed E-state index contributed by atoms with van der Waals surface area (Å²) in [5.74, 6) is 0.560. The van der Waals surface area contributed by atoms with E-state index in [2.05, 4.69) is 4.98 Å². The van der Waals surface area contributed by atoms with Crippen molar-refractivity contribution in [1.29, 1.82) is 0 Å². The highest BCUT2D eigenvalue weighted by Crippen LogP contribution is 2.38. The number of hydrogen-bond acceptors (Lipinski definition) is 10. The Balaban J connectivity index is 1.31. The molecule has 0 amide bonds. The lowest BCUT2D eigenvalue weighted by Crippen LogP contribution is -2.50. The van der Waals surface area contributed by atoms with Crippen LogP contribution in [-0.2, 0) is 9.47 Å². The summed E-state index contributed by atoms with van der Waals surface area (Å²) in [5, 5.41) is 43.3. The lowest BCUT2D eigenvalue weighted by Gasteiger charge is -2.38. The first-order chi connectivity index (χ1) is 16.1. The average molecular weight is 495 g/mol. The molecule has 4 heterocycles. The molecule has 3 N–H and O–H groups in total. The van der Waals surface area contributed by atoms with Crippen LogP contribution in [-0.4, -0.2) is 68.5 Å². The molecule has 34 heavy (non-hydrogen) atoms. The van der Waals surface area contributed by atoms with E-state index in [1.54, 1.807) is 13.0 Å². The van der Waals surface area contributed by atoms with E-state index in [0.29, 0.717) is 36.0 Å². The molecule has 10 nitrogen and oxygen atoms in total. The van der Waals surface area contributed by atoms with Crippen molar-refractivity contribution in [2.24, 2.45) is 11.8 Å². The summed E-state index contributed by atoms with van der Waals surface area (Å²) in [4.78, 5) is 15.2. The van der Waals surface area contributed by atoms with Gasteiger partial charge in [0.25, 0.3) is 5.69 Å². The van der Waals surface area contributed by atoms with Crippen molar-refractivity contribution in [1.82, 2.24) is 4.98 Å². The normalized spacial score (nSPS) is 31.3. The van der Waals surface area contributed by atoms with E-state index in [4.69, 9.17) is 13.9 Å². The van der Waals surface area contributed by atoms with Crippen LogP contribution >= 0.6 is 11.3 Å². The number of nitro groups is 1. The molecule has 2 saturated heterocycles. The second-order valence-electron chi connectivity index (χ2n) is 9.27. The molecule has 2 aromatic rings. The molecule has 0 saturated carbocycles. The van der Waals surface area contributed by atoms with Gasteiger partial charge in [-0.3, -0.25) is 10.1 Å². The first-order valence-corrected chi connectivity index (χ1v) is 12.2. The third kappa shape index (κ3) is 5.56. The second-order valence-corrected chi connectivity index (χ2v) is 10.2. The molecule has 2 aliphatic rings. The Morgan fingerprint density at radius 3 is 2.79 bits per heavy atom. The Hall–Kier alpha value is -2.15. The van der Waals surface area contributed by atoms with Gasteiger partial charge in [0.15, 0.2) is 5.76 Å². The van der Waals surface area contributed by atoms with Crippen molar-refractivity contribution in [2.45, 2.75) is 70.2 Å². The molecule has 8 atom stereocenters. The second kappa shape index (κ2) is 10.2. The van der Waals surface area contributed by atoms with Crippen LogP contribution in [0.3, 0.4) is 0 Å². The fraction of sp³-hybridized carbons (Fsp3) is 0.609. The fourth-order valence-electron chi connectivity index (χ4n) is 4.32. The number of epoxide rings is 1. The number of nitrogens with zero attached hydrogens (tertiary/aromatic N) is 2. The quantitative estimate of drug-likeness (QED) is 0.271. The van der Waals surface area contributed by atoms with Gasteiger partial charge in [0.05, 0.1) is 58.5 Å². The van der Waals surface area contributed by atoms with Gasteiger partial charge >= 0.3 is 0 Å². The van der Waals surface area contributed by atoms with Gasteiger partial charge in [0, 0.05) is 17.9 Å². The lowest BCUT2D eigenvalue weighted by molar-refractivity contribution is -0.384. The minimum atomic E-state index is -1.04. The topological polar surface area (TPSA) is 152 Å². The summed E-state index contributed by atoms with van der Waals surface area (Å²) >= 11 is 1.21. The van der Waals surface area contributed by atoms with E-state index < -0.39 is 29.3 Å². The Labute approximate surface area is 201 Å². The minimum Gasteiger partial charge on any atom is -0.436 e. The summed E-state index contributed by atoms with van der Waals surface area (Å²) in [6.45, 7) is 5.84. The summed E-state index contributed by atoms with van der Waals surface area (Å²) < 4.78 is 17.2. The molecule has 0 unspecified atom stereocenters. The van der Waals surface area contributed by atoms with Crippen molar-refractivity contribution in [3.63, 3.8) is 0 Å². The predicted molar refractivity (Wildman–Crippen MR) is 124 cm³/mol. The molecule has 2 aromatic heterocycles. The maximum Gasteiger partial charge on any atom is 0.280 e. The third-order valence-corrected chi connectivity index (χ3v) is 7.56. The first-order valence-electron chi connectivity index (χ1n) is 11.3. The van der Waals surface area contributed by atoms with Gasteiger partial charge in [0.1, 0.15) is 6.10 Å². The molecular weight excluding hydrogens is 464 g/mol. The lowest BCUT2D eigenvalue weighted by atomic mass is 9.85. The maximum atomic E-state index is 10.9. The number of oxazole rings is 1. The number of aliphatic hydroxyl groups is 3. The van der Waals surface area contributed by atoms with Crippen LogP contribution in [0.25, 0.3) is 16.7 Å². The van der Waals surface area contributed by atoms with E-state index >= 15 is 0 Å². The summed E-state index contributed by atoms with van der Waals surface area (Å²) in [5.41, 5.74) is 0.850. The van der Waals surface area contributed by atoms with E-state index in [9.17, 15) is 25.4 Å². The van der Waals surface area contributed by atoms with Gasteiger partial charge in [-0.2, -0.15) is 0 Å². The van der Waals surface area contributed by atoms with Crippen LogP contribution in [0.4, 0.5) is 5.69 Å². The fourth-order valence-corrected chi connectivity index (χ4v) is 5.12. The van der Waals surface area contributed by atoms with Crippen molar-refractivity contribution in [3.8, 4) is 10.6 Å². The van der Waals surface area contributed by atoms with Crippen molar-refractivity contribution in [2.75, 3.05) is 6.61 Å². The SMILES string of the molecule is C/C(=C\c1ncc(-c2cc([N+](=O)[O-])cs2)o1)C[C@@H]1OC[C@H](C[C@@H]2O[C@H]2[C@@H](C)[C@H](C)O)[C@@H](O)[C@H]1O. The highest BCUT2D eigenvalue weighted by atomic mass is 32.1. The zero-order valence-corrected chi connectivity index (χ0v) is 20.1. The predicted octanol–water partition coefficient (Wildman–Crippen LogP) is 3.02. The van der Waals surface area contributed by atoms with Crippen LogP contribution in [0.5, 0.6) is 0 Å². The Morgan fingerprint density at radius 2 is 2.12 bits per heavy atom. The van der Waals surface area contributed by atoms with E-state index in [1.165, 1.54) is 29.0 Å². The van der Waals surface area contributed by atoms with Crippen LogP contribution in [0.15, 0.2) is 27.6 Å². The molecular formula is C23H30N2O8S. The zero-order chi connectivity index (χ0) is 24.6. The monoisotopic (exact) mass is 494 g/mol. The van der Waals surface area contributed by atoms with Crippen LogP contribution in [0, 0.1) is 22.0 Å². The van der Waals surface area contributed by atoms with Crippen LogP contribution in [0.2, 0.25) is 0 Å². The molecule has 0 bridgehead atoms. The summed E-state index contributed by atoms with van der Waals surface area (Å²) in [6, 6.07) is 1.44. The average Bonchev–Trinajstić information content (AvgIpc) is 3.15. The number of aliphatic hydroxyl groups excluding tert-OH is 3. The molecule has 11 heteroatoms. The standard InChI is InChI=1S/C23H30N2O8S/c1-11(5-20-24-8-18(32-20)19-7-15(10-34-19)25(29)30)4-16-22(28)21(27)14(9-31-16)6-17-23(33-17)12(2)13(3)26/h5,7-8,10,12-14,16-17,21-23,26-28H,4,6,9H2,1-3H3/b11-5+/t12-,13-,14-,16-,17-,21+,22-,23-/m0/s1. The summed E-state index contributed by atoms with van der Waals surface area (Å²) in [7, 11) is 0. The molecule has 4 rings (SSSR count). The maximum absolute atomic E-state index is 10.9. The molecule has 0 aromatic carbocycles.